The van der Waals surface area contributed by atoms with Crippen LogP contribution in [0.1, 0.15) is 28.4 Å². The first-order valence-corrected chi connectivity index (χ1v) is 10.1. The maximum absolute atomic E-state index is 12.7. The van der Waals surface area contributed by atoms with Gasteiger partial charge < -0.3 is 20.9 Å². The molecular weight excluding hydrogens is 420 g/mol. The lowest BCUT2D eigenvalue weighted by molar-refractivity contribution is -0.110. The van der Waals surface area contributed by atoms with Crippen molar-refractivity contribution in [2.45, 2.75) is 20.8 Å². The third kappa shape index (κ3) is 5.43. The second kappa shape index (κ2) is 9.78. The van der Waals surface area contributed by atoms with E-state index in [2.05, 4.69) is 15.8 Å². The summed E-state index contributed by atoms with van der Waals surface area (Å²) in [6.07, 6.45) is 0. The minimum Gasteiger partial charge on any atom is -0.505 e. The number of nitrogens with zero attached hydrogens (tertiary/aromatic N) is 1. The van der Waals surface area contributed by atoms with Crippen LogP contribution in [0.3, 0.4) is 0 Å². The Balaban J connectivity index is 1.87. The number of aryl methyl sites for hydroxylation is 2. The van der Waals surface area contributed by atoms with Crippen LogP contribution in [0.4, 0.5) is 11.4 Å². The number of phenolic OH excluding ortho intramolecular Hbond substituents is 1. The van der Waals surface area contributed by atoms with Crippen LogP contribution >= 0.6 is 0 Å². The fourth-order valence-corrected chi connectivity index (χ4v) is 3.12. The lowest BCUT2D eigenvalue weighted by atomic mass is 10.0. The maximum Gasteiger partial charge on any atom is 0.335 e. The highest BCUT2D eigenvalue weighted by Crippen LogP contribution is 2.35. The van der Waals surface area contributed by atoms with Gasteiger partial charge in [-0.15, -0.1) is 0 Å². The van der Waals surface area contributed by atoms with E-state index in [9.17, 15) is 19.8 Å². The summed E-state index contributed by atoms with van der Waals surface area (Å²) in [7, 11) is 0. The highest BCUT2D eigenvalue weighted by atomic mass is 16.4. The molecule has 0 spiro atoms. The number of carbonyl (C=O) groups is 2. The van der Waals surface area contributed by atoms with Crippen molar-refractivity contribution in [3.8, 4) is 16.9 Å². The van der Waals surface area contributed by atoms with E-state index < -0.39 is 11.9 Å². The molecule has 3 aromatic rings. The largest absolute Gasteiger partial charge is 0.505 e. The zero-order chi connectivity index (χ0) is 24.1. The Morgan fingerprint density at radius 1 is 0.970 bits per heavy atom. The van der Waals surface area contributed by atoms with Gasteiger partial charge in [-0.2, -0.15) is 5.10 Å². The molecule has 0 saturated carbocycles. The summed E-state index contributed by atoms with van der Waals surface area (Å²) in [6.45, 7) is 5.34. The van der Waals surface area contributed by atoms with E-state index in [1.807, 2.05) is 26.0 Å². The number of para-hydroxylation sites is 1. The molecule has 0 unspecified atom stereocenters. The van der Waals surface area contributed by atoms with Crippen molar-refractivity contribution in [2.24, 2.45) is 5.10 Å². The van der Waals surface area contributed by atoms with Crippen molar-refractivity contribution in [3.63, 3.8) is 0 Å². The number of amides is 1. The lowest BCUT2D eigenvalue weighted by Crippen LogP contribution is -2.29. The average Bonchev–Trinajstić information content (AvgIpc) is 2.77. The molecule has 0 aliphatic rings. The summed E-state index contributed by atoms with van der Waals surface area (Å²) in [4.78, 5) is 24.0. The number of hydrogen-bond donors (Lipinski definition) is 5. The van der Waals surface area contributed by atoms with Gasteiger partial charge >= 0.3 is 5.97 Å². The highest BCUT2D eigenvalue weighted by molar-refractivity contribution is 6.67. The third-order valence-electron chi connectivity index (χ3n) is 5.08. The van der Waals surface area contributed by atoms with Crippen LogP contribution in [0, 0.1) is 19.3 Å². The first kappa shape index (κ1) is 23.2. The van der Waals surface area contributed by atoms with Gasteiger partial charge in [0.2, 0.25) is 0 Å². The Bertz CT molecular complexity index is 1280. The average molecular weight is 444 g/mol. The quantitative estimate of drug-likeness (QED) is 0.202. The molecule has 0 saturated heterocycles. The lowest BCUT2D eigenvalue weighted by Gasteiger charge is -2.12. The van der Waals surface area contributed by atoms with E-state index in [1.165, 1.54) is 19.1 Å². The second-order valence-corrected chi connectivity index (χ2v) is 7.54. The van der Waals surface area contributed by atoms with Crippen molar-refractivity contribution < 1.29 is 19.8 Å². The first-order chi connectivity index (χ1) is 15.7. The van der Waals surface area contributed by atoms with Crippen LogP contribution in [0.2, 0.25) is 0 Å². The Kier molecular flexibility index (Phi) is 6.88. The number of hydrogen-bond acceptors (Lipinski definition) is 6. The number of carboxylic acids is 1. The number of aromatic carboxylic acids is 1. The zero-order valence-electron chi connectivity index (χ0n) is 18.4. The van der Waals surface area contributed by atoms with Gasteiger partial charge in [0.15, 0.2) is 5.71 Å². The second-order valence-electron chi connectivity index (χ2n) is 7.54. The molecule has 1 amide bonds. The smallest absolute Gasteiger partial charge is 0.335 e. The van der Waals surface area contributed by atoms with Gasteiger partial charge in [-0.1, -0.05) is 30.3 Å². The number of anilines is 2. The van der Waals surface area contributed by atoms with Crippen LogP contribution in [0.5, 0.6) is 5.75 Å². The fourth-order valence-electron chi connectivity index (χ4n) is 3.12. The number of rotatable bonds is 7. The number of carbonyl (C=O) groups excluding carboxylic acids is 1. The van der Waals surface area contributed by atoms with Gasteiger partial charge in [0.1, 0.15) is 5.75 Å². The van der Waals surface area contributed by atoms with Crippen molar-refractivity contribution in [1.82, 2.24) is 0 Å². The number of nitrogens with one attached hydrogen (secondary N) is 3. The van der Waals surface area contributed by atoms with E-state index in [0.717, 1.165) is 11.1 Å². The Labute approximate surface area is 191 Å². The normalized spacial score (nSPS) is 11.1. The van der Waals surface area contributed by atoms with E-state index in [-0.39, 0.29) is 28.4 Å². The van der Waals surface area contributed by atoms with Gasteiger partial charge in [0, 0.05) is 11.3 Å². The van der Waals surface area contributed by atoms with Gasteiger partial charge in [-0.25, -0.2) is 4.79 Å². The van der Waals surface area contributed by atoms with Crippen LogP contribution in [0.15, 0.2) is 65.8 Å². The zero-order valence-corrected chi connectivity index (χ0v) is 18.4. The van der Waals surface area contributed by atoms with Gasteiger partial charge in [-0.3, -0.25) is 10.2 Å². The Morgan fingerprint density at radius 2 is 1.70 bits per heavy atom. The molecule has 0 aliphatic heterocycles. The minimum atomic E-state index is -1.07. The number of benzene rings is 3. The van der Waals surface area contributed by atoms with Crippen molar-refractivity contribution in [2.75, 3.05) is 10.7 Å². The van der Waals surface area contributed by atoms with Crippen molar-refractivity contribution in [1.29, 1.82) is 5.41 Å². The standard InChI is InChI=1S/C25H24N4O4/c1-14-10-11-19(12-15(14)2)27-24(31)22(16(3)26)29-28-21-9-5-8-20(23(21)30)17-6-4-7-18(13-17)25(32)33/h4-13,26,28,30H,1-3H3,(H,27,31)(H,32,33)/b26-16?,29-22+. The molecule has 33 heavy (non-hydrogen) atoms. The number of hydrazone groups is 1. The number of phenols is 1. The topological polar surface area (TPSA) is 135 Å². The Hall–Kier alpha value is -4.46. The molecule has 8 nitrogen and oxygen atoms in total. The van der Waals surface area contributed by atoms with Crippen LogP contribution < -0.4 is 10.7 Å². The van der Waals surface area contributed by atoms with Crippen LogP contribution in [-0.2, 0) is 4.79 Å². The molecule has 8 heteroatoms. The highest BCUT2D eigenvalue weighted by Gasteiger charge is 2.16. The molecule has 0 bridgehead atoms. The number of aromatic hydroxyl groups is 1. The van der Waals surface area contributed by atoms with Crippen molar-refractivity contribution in [3.05, 3.63) is 77.4 Å². The van der Waals surface area contributed by atoms with Crippen molar-refractivity contribution >= 4 is 34.7 Å². The van der Waals surface area contributed by atoms with E-state index in [4.69, 9.17) is 5.41 Å². The van der Waals surface area contributed by atoms with E-state index >= 15 is 0 Å². The minimum absolute atomic E-state index is 0.0614. The fraction of sp³-hybridized carbons (Fsp3) is 0.120. The van der Waals surface area contributed by atoms with E-state index in [1.54, 1.807) is 36.4 Å². The molecule has 0 aliphatic carbocycles. The molecule has 5 N–H and O–H groups in total. The molecule has 3 aromatic carbocycles. The monoisotopic (exact) mass is 444 g/mol. The van der Waals surface area contributed by atoms with E-state index in [0.29, 0.717) is 16.8 Å². The number of carboxylic acid groups (broad SMARTS) is 1. The molecule has 0 heterocycles. The predicted octanol–water partition coefficient (Wildman–Crippen LogP) is 4.82. The van der Waals surface area contributed by atoms with Crippen LogP contribution in [-0.4, -0.2) is 33.5 Å². The van der Waals surface area contributed by atoms with Gasteiger partial charge in [0.25, 0.3) is 5.91 Å². The van der Waals surface area contributed by atoms with Crippen LogP contribution in [0.25, 0.3) is 11.1 Å². The Morgan fingerprint density at radius 3 is 2.36 bits per heavy atom. The third-order valence-corrected chi connectivity index (χ3v) is 5.08. The molecule has 168 valence electrons. The molecule has 0 atom stereocenters. The summed E-state index contributed by atoms with van der Waals surface area (Å²) < 4.78 is 0. The maximum atomic E-state index is 12.7. The van der Waals surface area contributed by atoms with Gasteiger partial charge in [0.05, 0.1) is 17.0 Å². The summed E-state index contributed by atoms with van der Waals surface area (Å²) in [5.41, 5.74) is 6.33. The summed E-state index contributed by atoms with van der Waals surface area (Å²) in [6, 6.07) is 16.5. The SMILES string of the molecule is CC(=N)/C(=N\Nc1cccc(-c2cccc(C(=O)O)c2)c1O)C(=O)Nc1ccc(C)c(C)c1. The molecule has 3 rings (SSSR count). The molecular formula is C25H24N4O4. The van der Waals surface area contributed by atoms with Gasteiger partial charge in [-0.05, 0) is 67.8 Å². The summed E-state index contributed by atoms with van der Waals surface area (Å²) in [5.74, 6) is -1.81. The molecule has 0 radical (unpaired) electrons. The summed E-state index contributed by atoms with van der Waals surface area (Å²) >= 11 is 0. The predicted molar refractivity (Wildman–Crippen MR) is 130 cm³/mol. The summed E-state index contributed by atoms with van der Waals surface area (Å²) in [5, 5.41) is 34.6. The first-order valence-electron chi connectivity index (χ1n) is 10.1. The molecule has 0 fully saturated rings. The molecule has 0 aromatic heterocycles.